The quantitative estimate of drug-likeness (QED) is 0.872. The predicted molar refractivity (Wildman–Crippen MR) is 78.2 cm³/mol. The highest BCUT2D eigenvalue weighted by atomic mass is 32.2. The van der Waals surface area contributed by atoms with Crippen molar-refractivity contribution < 1.29 is 23.1 Å². The number of benzene rings is 1. The number of carboxylic acids is 1. The van der Waals surface area contributed by atoms with Crippen LogP contribution < -0.4 is 5.32 Å². The molecule has 0 atom stereocenters. The van der Waals surface area contributed by atoms with Crippen LogP contribution in [-0.4, -0.2) is 37.2 Å². The molecule has 0 aliphatic rings. The van der Waals surface area contributed by atoms with Gasteiger partial charge >= 0.3 is 5.97 Å². The minimum absolute atomic E-state index is 0.0314. The number of carbonyl (C=O) groups is 2. The van der Waals surface area contributed by atoms with Gasteiger partial charge in [-0.2, -0.15) is 0 Å². The molecule has 1 aromatic carbocycles. The number of hydrogen-bond donors (Lipinski definition) is 2. The molecule has 0 bridgehead atoms. The van der Waals surface area contributed by atoms with Gasteiger partial charge in [0.25, 0.3) is 5.91 Å². The highest BCUT2D eigenvalue weighted by molar-refractivity contribution is 7.90. The fourth-order valence-corrected chi connectivity index (χ4v) is 2.40. The molecule has 1 rings (SSSR count). The van der Waals surface area contributed by atoms with Crippen molar-refractivity contribution in [3.63, 3.8) is 0 Å². The molecule has 2 N–H and O–H groups in total. The van der Waals surface area contributed by atoms with E-state index in [-0.39, 0.29) is 10.5 Å². The van der Waals surface area contributed by atoms with E-state index in [1.54, 1.807) is 13.8 Å². The van der Waals surface area contributed by atoms with E-state index in [0.717, 1.165) is 6.26 Å². The number of nitrogens with one attached hydrogen (secondary N) is 1. The van der Waals surface area contributed by atoms with Crippen LogP contribution in [0.1, 0.15) is 35.3 Å². The standard InChI is InChI=1S/C14H19NO5S/c1-8-6-10(21(5,19)20)7-11(9(8)2)12(16)15-14(3,4)13(17)18/h6-7H,1-5H3,(H,15,16)(H,17,18). The first-order chi connectivity index (χ1) is 9.36. The van der Waals surface area contributed by atoms with Crippen LogP contribution in [0.25, 0.3) is 0 Å². The molecule has 0 spiro atoms. The molecule has 0 aromatic heterocycles. The number of hydrogen-bond acceptors (Lipinski definition) is 4. The Labute approximate surface area is 124 Å². The van der Waals surface area contributed by atoms with E-state index < -0.39 is 27.3 Å². The number of aryl methyl sites for hydroxylation is 1. The molecule has 21 heavy (non-hydrogen) atoms. The third kappa shape index (κ3) is 3.81. The Balaban J connectivity index is 3.34. The van der Waals surface area contributed by atoms with E-state index >= 15 is 0 Å². The molecule has 116 valence electrons. The van der Waals surface area contributed by atoms with Crippen molar-refractivity contribution in [2.75, 3.05) is 6.26 Å². The Morgan fingerprint density at radius 1 is 1.19 bits per heavy atom. The molecule has 0 fully saturated rings. The molecular formula is C14H19NO5S. The first-order valence-corrected chi connectivity index (χ1v) is 8.12. The van der Waals surface area contributed by atoms with E-state index in [2.05, 4.69) is 5.32 Å². The lowest BCUT2D eigenvalue weighted by molar-refractivity contribution is -0.143. The fraction of sp³-hybridized carbons (Fsp3) is 0.429. The molecule has 7 heteroatoms. The molecule has 0 heterocycles. The summed E-state index contributed by atoms with van der Waals surface area (Å²) < 4.78 is 23.3. The van der Waals surface area contributed by atoms with Gasteiger partial charge in [-0.3, -0.25) is 4.79 Å². The molecule has 0 radical (unpaired) electrons. The van der Waals surface area contributed by atoms with Gasteiger partial charge in [-0.05, 0) is 51.0 Å². The minimum Gasteiger partial charge on any atom is -0.480 e. The number of rotatable bonds is 4. The van der Waals surface area contributed by atoms with Crippen LogP contribution in [0.5, 0.6) is 0 Å². The number of carbonyl (C=O) groups excluding carboxylic acids is 1. The van der Waals surface area contributed by atoms with E-state index in [9.17, 15) is 18.0 Å². The Morgan fingerprint density at radius 3 is 2.14 bits per heavy atom. The van der Waals surface area contributed by atoms with Gasteiger partial charge in [-0.25, -0.2) is 13.2 Å². The van der Waals surface area contributed by atoms with Crippen molar-refractivity contribution in [2.45, 2.75) is 38.1 Å². The minimum atomic E-state index is -3.45. The van der Waals surface area contributed by atoms with Crippen molar-refractivity contribution >= 4 is 21.7 Å². The predicted octanol–water partition coefficient (Wildman–Crippen LogP) is 1.30. The second kappa shape index (κ2) is 5.48. The summed E-state index contributed by atoms with van der Waals surface area (Å²) in [6.07, 6.45) is 1.06. The Morgan fingerprint density at radius 2 is 1.71 bits per heavy atom. The second-order valence-electron chi connectivity index (χ2n) is 5.57. The van der Waals surface area contributed by atoms with E-state index in [0.29, 0.717) is 11.1 Å². The normalized spacial score (nSPS) is 12.0. The molecule has 1 amide bonds. The van der Waals surface area contributed by atoms with Crippen LogP contribution in [0.3, 0.4) is 0 Å². The molecule has 0 aliphatic carbocycles. The van der Waals surface area contributed by atoms with Gasteiger partial charge < -0.3 is 10.4 Å². The SMILES string of the molecule is Cc1cc(S(C)(=O)=O)cc(C(=O)NC(C)(C)C(=O)O)c1C. The Bertz CT molecular complexity index is 704. The van der Waals surface area contributed by atoms with Gasteiger partial charge in [-0.15, -0.1) is 0 Å². The zero-order valence-electron chi connectivity index (χ0n) is 12.6. The van der Waals surface area contributed by atoms with Crippen molar-refractivity contribution in [2.24, 2.45) is 0 Å². The largest absolute Gasteiger partial charge is 0.480 e. The van der Waals surface area contributed by atoms with E-state index in [1.165, 1.54) is 26.0 Å². The first-order valence-electron chi connectivity index (χ1n) is 6.23. The zero-order valence-corrected chi connectivity index (χ0v) is 13.5. The van der Waals surface area contributed by atoms with Crippen LogP contribution in [0.15, 0.2) is 17.0 Å². The summed E-state index contributed by atoms with van der Waals surface area (Å²) in [5.74, 6) is -1.79. The summed E-state index contributed by atoms with van der Waals surface area (Å²) in [7, 11) is -3.45. The van der Waals surface area contributed by atoms with Gasteiger partial charge in [0.2, 0.25) is 0 Å². The van der Waals surface area contributed by atoms with Crippen molar-refractivity contribution in [3.05, 3.63) is 28.8 Å². The molecule has 6 nitrogen and oxygen atoms in total. The second-order valence-corrected chi connectivity index (χ2v) is 7.58. The van der Waals surface area contributed by atoms with Gasteiger partial charge in [0.05, 0.1) is 4.90 Å². The van der Waals surface area contributed by atoms with Crippen LogP contribution in [-0.2, 0) is 14.6 Å². The number of amides is 1. The van der Waals surface area contributed by atoms with Gasteiger partial charge in [0, 0.05) is 11.8 Å². The summed E-state index contributed by atoms with van der Waals surface area (Å²) in [6.45, 7) is 6.10. The van der Waals surface area contributed by atoms with E-state index in [1.807, 2.05) is 0 Å². The lowest BCUT2D eigenvalue weighted by atomic mass is 10.0. The summed E-state index contributed by atoms with van der Waals surface area (Å²) in [5, 5.41) is 11.4. The van der Waals surface area contributed by atoms with Crippen LogP contribution in [0.4, 0.5) is 0 Å². The fourth-order valence-electron chi connectivity index (χ4n) is 1.68. The summed E-state index contributed by atoms with van der Waals surface area (Å²) in [5.41, 5.74) is -0.0274. The summed E-state index contributed by atoms with van der Waals surface area (Å²) in [4.78, 5) is 23.3. The highest BCUT2D eigenvalue weighted by Crippen LogP contribution is 2.20. The first kappa shape index (κ1) is 17.2. The van der Waals surface area contributed by atoms with Gasteiger partial charge in [-0.1, -0.05) is 0 Å². The van der Waals surface area contributed by atoms with E-state index in [4.69, 9.17) is 5.11 Å². The molecule has 0 aliphatic heterocycles. The number of carboxylic acid groups (broad SMARTS) is 1. The molecule has 0 saturated heterocycles. The van der Waals surface area contributed by atoms with Crippen molar-refractivity contribution in [1.29, 1.82) is 0 Å². The molecule has 0 saturated carbocycles. The third-order valence-electron chi connectivity index (χ3n) is 3.27. The third-order valence-corrected chi connectivity index (χ3v) is 4.37. The molecular weight excluding hydrogens is 294 g/mol. The molecule has 0 unspecified atom stereocenters. The molecule has 1 aromatic rings. The lowest BCUT2D eigenvalue weighted by Crippen LogP contribution is -2.49. The summed E-state index contributed by atoms with van der Waals surface area (Å²) >= 11 is 0. The Hall–Kier alpha value is -1.89. The van der Waals surface area contributed by atoms with Crippen molar-refractivity contribution in [1.82, 2.24) is 5.32 Å². The monoisotopic (exact) mass is 313 g/mol. The van der Waals surface area contributed by atoms with Gasteiger partial charge in [0.1, 0.15) is 5.54 Å². The number of sulfone groups is 1. The maximum absolute atomic E-state index is 12.2. The van der Waals surface area contributed by atoms with Crippen LogP contribution >= 0.6 is 0 Å². The topological polar surface area (TPSA) is 101 Å². The lowest BCUT2D eigenvalue weighted by Gasteiger charge is -2.22. The average molecular weight is 313 g/mol. The zero-order chi connectivity index (χ0) is 16.6. The smallest absolute Gasteiger partial charge is 0.328 e. The highest BCUT2D eigenvalue weighted by Gasteiger charge is 2.30. The summed E-state index contributed by atoms with van der Waals surface area (Å²) in [6, 6.07) is 2.76. The maximum Gasteiger partial charge on any atom is 0.328 e. The van der Waals surface area contributed by atoms with Crippen LogP contribution in [0.2, 0.25) is 0 Å². The Kier molecular flexibility index (Phi) is 4.48. The average Bonchev–Trinajstić information content (AvgIpc) is 2.29. The maximum atomic E-state index is 12.2. The number of aliphatic carboxylic acids is 1. The van der Waals surface area contributed by atoms with Crippen molar-refractivity contribution in [3.8, 4) is 0 Å². The van der Waals surface area contributed by atoms with Crippen LogP contribution in [0, 0.1) is 13.8 Å². The van der Waals surface area contributed by atoms with Gasteiger partial charge in [0.15, 0.2) is 9.84 Å².